The molecule has 1 N–H and O–H groups in total. The van der Waals surface area contributed by atoms with Gasteiger partial charge in [-0.2, -0.15) is 0 Å². The van der Waals surface area contributed by atoms with Crippen molar-refractivity contribution in [1.82, 2.24) is 4.90 Å². The van der Waals surface area contributed by atoms with Crippen LogP contribution in [0, 0.1) is 17.8 Å². The van der Waals surface area contributed by atoms with Gasteiger partial charge in [0, 0.05) is 19.0 Å². The van der Waals surface area contributed by atoms with Crippen LogP contribution in [0.25, 0.3) is 0 Å². The number of carboxylic acids is 1. The molecule has 1 unspecified atom stereocenters. The molecule has 1 fully saturated rings. The Labute approximate surface area is 109 Å². The van der Waals surface area contributed by atoms with E-state index < -0.39 is 11.9 Å². The Balaban J connectivity index is 2.54. The molecule has 4 heteroatoms. The Bertz CT molecular complexity index is 295. The highest BCUT2D eigenvalue weighted by Gasteiger charge is 2.28. The third-order valence-electron chi connectivity index (χ3n) is 3.97. The Morgan fingerprint density at radius 3 is 2.28 bits per heavy atom. The Morgan fingerprint density at radius 1 is 1.28 bits per heavy atom. The normalized spacial score (nSPS) is 25.5. The zero-order valence-electron chi connectivity index (χ0n) is 11.7. The monoisotopic (exact) mass is 255 g/mol. The largest absolute Gasteiger partial charge is 0.481 e. The molecule has 18 heavy (non-hydrogen) atoms. The van der Waals surface area contributed by atoms with Gasteiger partial charge in [0.2, 0.25) is 5.91 Å². The molecule has 4 nitrogen and oxygen atoms in total. The molecule has 1 rings (SSSR count). The molecule has 1 atom stereocenters. The van der Waals surface area contributed by atoms with Crippen LogP contribution in [0.1, 0.15) is 46.5 Å². The van der Waals surface area contributed by atoms with Gasteiger partial charge in [0.1, 0.15) is 0 Å². The number of hydrogen-bond acceptors (Lipinski definition) is 2. The van der Waals surface area contributed by atoms with Crippen molar-refractivity contribution < 1.29 is 14.7 Å². The first kappa shape index (κ1) is 15.0. The summed E-state index contributed by atoms with van der Waals surface area (Å²) in [5.41, 5.74) is 0. The van der Waals surface area contributed by atoms with Crippen molar-refractivity contribution >= 4 is 11.9 Å². The van der Waals surface area contributed by atoms with Crippen LogP contribution < -0.4 is 0 Å². The standard InChI is InChI=1S/C14H25NO3/c1-4-15(9-11(3)14(17)18)13(16)12-7-5-10(2)6-8-12/h10-12H,4-9H2,1-3H3,(H,17,18). The number of amides is 1. The van der Waals surface area contributed by atoms with Crippen LogP contribution in [0.4, 0.5) is 0 Å². The number of aliphatic carboxylic acids is 1. The topological polar surface area (TPSA) is 57.6 Å². The first-order valence-corrected chi connectivity index (χ1v) is 6.97. The van der Waals surface area contributed by atoms with E-state index in [0.29, 0.717) is 13.1 Å². The van der Waals surface area contributed by atoms with Crippen molar-refractivity contribution in [1.29, 1.82) is 0 Å². The van der Waals surface area contributed by atoms with Crippen LogP contribution in [0.5, 0.6) is 0 Å². The molecule has 0 aromatic rings. The Kier molecular flexibility index (Phi) is 5.63. The molecule has 0 bridgehead atoms. The number of rotatable bonds is 5. The van der Waals surface area contributed by atoms with Gasteiger partial charge in [-0.15, -0.1) is 0 Å². The maximum Gasteiger partial charge on any atom is 0.308 e. The average molecular weight is 255 g/mol. The summed E-state index contributed by atoms with van der Waals surface area (Å²) in [7, 11) is 0. The van der Waals surface area contributed by atoms with Gasteiger partial charge in [0.15, 0.2) is 0 Å². The van der Waals surface area contributed by atoms with E-state index in [-0.39, 0.29) is 11.8 Å². The van der Waals surface area contributed by atoms with Crippen LogP contribution in [0.3, 0.4) is 0 Å². The summed E-state index contributed by atoms with van der Waals surface area (Å²) in [5, 5.41) is 8.92. The molecular weight excluding hydrogens is 230 g/mol. The maximum atomic E-state index is 12.3. The molecule has 1 saturated carbocycles. The van der Waals surface area contributed by atoms with Crippen LogP contribution in [-0.2, 0) is 9.59 Å². The lowest BCUT2D eigenvalue weighted by Crippen LogP contribution is -2.41. The number of nitrogens with zero attached hydrogens (tertiary/aromatic N) is 1. The minimum absolute atomic E-state index is 0.113. The van der Waals surface area contributed by atoms with Crippen molar-refractivity contribution in [2.75, 3.05) is 13.1 Å². The average Bonchev–Trinajstić information content (AvgIpc) is 2.35. The fourth-order valence-electron chi connectivity index (χ4n) is 2.55. The summed E-state index contributed by atoms with van der Waals surface area (Å²) in [6.07, 6.45) is 4.14. The third kappa shape index (κ3) is 4.00. The van der Waals surface area contributed by atoms with E-state index in [1.54, 1.807) is 11.8 Å². The predicted octanol–water partition coefficient (Wildman–Crippen LogP) is 2.38. The first-order valence-electron chi connectivity index (χ1n) is 6.97. The fourth-order valence-corrected chi connectivity index (χ4v) is 2.55. The van der Waals surface area contributed by atoms with Crippen molar-refractivity contribution in [3.8, 4) is 0 Å². The zero-order chi connectivity index (χ0) is 13.7. The van der Waals surface area contributed by atoms with Crippen molar-refractivity contribution in [3.05, 3.63) is 0 Å². The molecule has 1 aliphatic carbocycles. The quantitative estimate of drug-likeness (QED) is 0.820. The molecule has 1 aliphatic rings. The van der Waals surface area contributed by atoms with Gasteiger partial charge in [-0.05, 0) is 38.5 Å². The van der Waals surface area contributed by atoms with E-state index >= 15 is 0 Å². The van der Waals surface area contributed by atoms with Crippen LogP contribution >= 0.6 is 0 Å². The molecule has 0 radical (unpaired) electrons. The summed E-state index contributed by atoms with van der Waals surface area (Å²) >= 11 is 0. The molecule has 0 aliphatic heterocycles. The third-order valence-corrected chi connectivity index (χ3v) is 3.97. The van der Waals surface area contributed by atoms with Gasteiger partial charge >= 0.3 is 5.97 Å². The van der Waals surface area contributed by atoms with E-state index in [4.69, 9.17) is 5.11 Å². The molecule has 104 valence electrons. The lowest BCUT2D eigenvalue weighted by Gasteiger charge is -2.31. The van der Waals surface area contributed by atoms with Gasteiger partial charge in [-0.25, -0.2) is 0 Å². The lowest BCUT2D eigenvalue weighted by atomic mass is 9.82. The molecule has 0 aromatic carbocycles. The van der Waals surface area contributed by atoms with Gasteiger partial charge in [0.25, 0.3) is 0 Å². The predicted molar refractivity (Wildman–Crippen MR) is 70.2 cm³/mol. The number of carbonyl (C=O) groups excluding carboxylic acids is 1. The Hall–Kier alpha value is -1.06. The second kappa shape index (κ2) is 6.76. The summed E-state index contributed by atoms with van der Waals surface area (Å²) in [6, 6.07) is 0. The molecule has 0 heterocycles. The molecule has 0 saturated heterocycles. The van der Waals surface area contributed by atoms with Gasteiger partial charge in [-0.1, -0.05) is 13.8 Å². The summed E-state index contributed by atoms with van der Waals surface area (Å²) in [6.45, 7) is 6.73. The minimum Gasteiger partial charge on any atom is -0.481 e. The van der Waals surface area contributed by atoms with E-state index in [1.165, 1.54) is 0 Å². The highest BCUT2D eigenvalue weighted by atomic mass is 16.4. The maximum absolute atomic E-state index is 12.3. The Morgan fingerprint density at radius 2 is 1.83 bits per heavy atom. The fraction of sp³-hybridized carbons (Fsp3) is 0.857. The van der Waals surface area contributed by atoms with Gasteiger partial charge in [-0.3, -0.25) is 9.59 Å². The summed E-state index contributed by atoms with van der Waals surface area (Å²) in [5.74, 6) is -0.336. The van der Waals surface area contributed by atoms with E-state index in [2.05, 4.69) is 6.92 Å². The second-order valence-electron chi connectivity index (χ2n) is 5.57. The number of hydrogen-bond donors (Lipinski definition) is 1. The highest BCUT2D eigenvalue weighted by molar-refractivity contribution is 5.79. The van der Waals surface area contributed by atoms with Gasteiger partial charge in [0.05, 0.1) is 5.92 Å². The summed E-state index contributed by atoms with van der Waals surface area (Å²) in [4.78, 5) is 24.9. The van der Waals surface area contributed by atoms with Crippen LogP contribution in [0.15, 0.2) is 0 Å². The van der Waals surface area contributed by atoms with E-state index in [9.17, 15) is 9.59 Å². The van der Waals surface area contributed by atoms with Gasteiger partial charge < -0.3 is 10.0 Å². The molecule has 0 spiro atoms. The summed E-state index contributed by atoms with van der Waals surface area (Å²) < 4.78 is 0. The van der Waals surface area contributed by atoms with Crippen LogP contribution in [0.2, 0.25) is 0 Å². The SMILES string of the molecule is CCN(CC(C)C(=O)O)C(=O)C1CCC(C)CC1. The van der Waals surface area contributed by atoms with Crippen molar-refractivity contribution in [2.45, 2.75) is 46.5 Å². The van der Waals surface area contributed by atoms with Crippen molar-refractivity contribution in [2.24, 2.45) is 17.8 Å². The van der Waals surface area contributed by atoms with Crippen molar-refractivity contribution in [3.63, 3.8) is 0 Å². The first-order chi connectivity index (χ1) is 8.45. The lowest BCUT2D eigenvalue weighted by molar-refractivity contribution is -0.144. The smallest absolute Gasteiger partial charge is 0.308 e. The molecule has 0 aromatic heterocycles. The minimum atomic E-state index is -0.835. The van der Waals surface area contributed by atoms with E-state index in [1.807, 2.05) is 6.92 Å². The number of carboxylic acid groups (broad SMARTS) is 1. The highest BCUT2D eigenvalue weighted by Crippen LogP contribution is 2.29. The van der Waals surface area contributed by atoms with E-state index in [0.717, 1.165) is 31.6 Å². The molecule has 1 amide bonds. The van der Waals surface area contributed by atoms with Crippen LogP contribution in [-0.4, -0.2) is 35.0 Å². The zero-order valence-corrected chi connectivity index (χ0v) is 11.7. The second-order valence-corrected chi connectivity index (χ2v) is 5.57. The molecular formula is C14H25NO3. The number of carbonyl (C=O) groups is 2.